The van der Waals surface area contributed by atoms with E-state index >= 15 is 0 Å². The van der Waals surface area contributed by atoms with E-state index in [1.165, 1.54) is 12.1 Å². The topological polar surface area (TPSA) is 58.6 Å². The summed E-state index contributed by atoms with van der Waals surface area (Å²) in [6.45, 7) is 4.07. The standard InChI is InChI=1S/C13H18FNO3/c1-9(2)6-15-13(17)8-18-12-4-3-10(7-16)5-11(12)14/h3-5,9,16H,6-8H2,1-2H3,(H,15,17). The average Bonchev–Trinajstić information content (AvgIpc) is 2.34. The summed E-state index contributed by atoms with van der Waals surface area (Å²) in [7, 11) is 0. The van der Waals surface area contributed by atoms with Gasteiger partial charge in [0.25, 0.3) is 5.91 Å². The van der Waals surface area contributed by atoms with Crippen molar-refractivity contribution in [3.8, 4) is 5.75 Å². The van der Waals surface area contributed by atoms with Gasteiger partial charge in [-0.15, -0.1) is 0 Å². The zero-order chi connectivity index (χ0) is 13.5. The van der Waals surface area contributed by atoms with Crippen LogP contribution in [0, 0.1) is 11.7 Å². The molecular formula is C13H18FNO3. The smallest absolute Gasteiger partial charge is 0.257 e. The Hall–Kier alpha value is -1.62. The summed E-state index contributed by atoms with van der Waals surface area (Å²) in [6, 6.07) is 4.13. The number of benzene rings is 1. The zero-order valence-electron chi connectivity index (χ0n) is 10.6. The quantitative estimate of drug-likeness (QED) is 0.809. The van der Waals surface area contributed by atoms with Gasteiger partial charge < -0.3 is 15.2 Å². The molecule has 0 aromatic heterocycles. The third-order valence-corrected chi connectivity index (χ3v) is 2.25. The molecule has 1 amide bonds. The van der Waals surface area contributed by atoms with E-state index in [2.05, 4.69) is 5.32 Å². The average molecular weight is 255 g/mol. The van der Waals surface area contributed by atoms with Gasteiger partial charge in [-0.2, -0.15) is 0 Å². The van der Waals surface area contributed by atoms with E-state index in [4.69, 9.17) is 9.84 Å². The maximum Gasteiger partial charge on any atom is 0.257 e. The van der Waals surface area contributed by atoms with Gasteiger partial charge in [0.2, 0.25) is 0 Å². The molecule has 0 spiro atoms. The van der Waals surface area contributed by atoms with Gasteiger partial charge in [0.05, 0.1) is 6.61 Å². The fourth-order valence-electron chi connectivity index (χ4n) is 1.27. The van der Waals surface area contributed by atoms with Gasteiger partial charge in [0.15, 0.2) is 18.2 Å². The summed E-state index contributed by atoms with van der Waals surface area (Å²) in [5, 5.41) is 11.5. The van der Waals surface area contributed by atoms with Crippen LogP contribution in [0.15, 0.2) is 18.2 Å². The van der Waals surface area contributed by atoms with E-state index in [1.54, 1.807) is 6.07 Å². The van der Waals surface area contributed by atoms with Crippen LogP contribution in [-0.2, 0) is 11.4 Å². The largest absolute Gasteiger partial charge is 0.481 e. The number of carbonyl (C=O) groups is 1. The van der Waals surface area contributed by atoms with Crippen molar-refractivity contribution in [2.75, 3.05) is 13.2 Å². The van der Waals surface area contributed by atoms with Crippen molar-refractivity contribution in [2.45, 2.75) is 20.5 Å². The molecule has 0 heterocycles. The van der Waals surface area contributed by atoms with E-state index in [9.17, 15) is 9.18 Å². The van der Waals surface area contributed by atoms with Crippen molar-refractivity contribution in [1.82, 2.24) is 5.32 Å². The first kappa shape index (κ1) is 14.4. The van der Waals surface area contributed by atoms with E-state index < -0.39 is 5.82 Å². The van der Waals surface area contributed by atoms with Crippen LogP contribution >= 0.6 is 0 Å². The molecule has 5 heteroatoms. The molecule has 0 aliphatic carbocycles. The molecule has 0 bridgehead atoms. The third kappa shape index (κ3) is 4.71. The normalized spacial score (nSPS) is 10.5. The molecule has 4 nitrogen and oxygen atoms in total. The Morgan fingerprint density at radius 3 is 2.78 bits per heavy atom. The van der Waals surface area contributed by atoms with Crippen LogP contribution in [0.1, 0.15) is 19.4 Å². The van der Waals surface area contributed by atoms with Crippen molar-refractivity contribution >= 4 is 5.91 Å². The molecular weight excluding hydrogens is 237 g/mol. The maximum atomic E-state index is 13.4. The Balaban J connectivity index is 2.46. The van der Waals surface area contributed by atoms with Gasteiger partial charge in [-0.3, -0.25) is 4.79 Å². The fourth-order valence-corrected chi connectivity index (χ4v) is 1.27. The molecule has 1 rings (SSSR count). The molecule has 0 fully saturated rings. The summed E-state index contributed by atoms with van der Waals surface area (Å²) in [5.41, 5.74) is 0.462. The summed E-state index contributed by atoms with van der Waals surface area (Å²) < 4.78 is 18.5. The lowest BCUT2D eigenvalue weighted by Crippen LogP contribution is -2.31. The minimum atomic E-state index is -0.585. The minimum Gasteiger partial charge on any atom is -0.481 e. The van der Waals surface area contributed by atoms with Gasteiger partial charge in [-0.25, -0.2) is 4.39 Å². The van der Waals surface area contributed by atoms with Crippen LogP contribution in [0.3, 0.4) is 0 Å². The monoisotopic (exact) mass is 255 g/mol. The molecule has 0 aliphatic rings. The predicted octanol–water partition coefficient (Wildman–Crippen LogP) is 1.47. The van der Waals surface area contributed by atoms with Crippen LogP contribution in [0.25, 0.3) is 0 Å². The first-order valence-corrected chi connectivity index (χ1v) is 5.81. The van der Waals surface area contributed by atoms with Crippen LogP contribution in [-0.4, -0.2) is 24.2 Å². The van der Waals surface area contributed by atoms with Crippen LogP contribution < -0.4 is 10.1 Å². The van der Waals surface area contributed by atoms with Gasteiger partial charge >= 0.3 is 0 Å². The summed E-state index contributed by atoms with van der Waals surface area (Å²) in [4.78, 5) is 11.4. The number of rotatable bonds is 6. The number of carbonyl (C=O) groups excluding carboxylic acids is 1. The second-order valence-corrected chi connectivity index (χ2v) is 4.41. The van der Waals surface area contributed by atoms with E-state index in [1.807, 2.05) is 13.8 Å². The summed E-state index contributed by atoms with van der Waals surface area (Å²) in [6.07, 6.45) is 0. The van der Waals surface area contributed by atoms with Crippen LogP contribution in [0.2, 0.25) is 0 Å². The molecule has 0 saturated carbocycles. The second kappa shape index (κ2) is 6.96. The number of aliphatic hydroxyl groups excluding tert-OH is 1. The van der Waals surface area contributed by atoms with E-state index in [-0.39, 0.29) is 24.9 Å². The molecule has 1 aromatic rings. The van der Waals surface area contributed by atoms with Crippen LogP contribution in [0.4, 0.5) is 4.39 Å². The summed E-state index contributed by atoms with van der Waals surface area (Å²) in [5.74, 6) is -0.506. The predicted molar refractivity (Wildman–Crippen MR) is 65.7 cm³/mol. The fraction of sp³-hybridized carbons (Fsp3) is 0.462. The molecule has 18 heavy (non-hydrogen) atoms. The zero-order valence-corrected chi connectivity index (χ0v) is 10.6. The molecule has 0 radical (unpaired) electrons. The van der Waals surface area contributed by atoms with E-state index in [0.717, 1.165) is 0 Å². The Morgan fingerprint density at radius 1 is 1.50 bits per heavy atom. The highest BCUT2D eigenvalue weighted by Crippen LogP contribution is 2.18. The van der Waals surface area contributed by atoms with Gasteiger partial charge in [0.1, 0.15) is 0 Å². The van der Waals surface area contributed by atoms with Crippen molar-refractivity contribution < 1.29 is 19.0 Å². The molecule has 0 atom stereocenters. The SMILES string of the molecule is CC(C)CNC(=O)COc1ccc(CO)cc1F. The molecule has 0 aliphatic heterocycles. The number of aliphatic hydroxyl groups is 1. The molecule has 0 saturated heterocycles. The molecule has 100 valence electrons. The second-order valence-electron chi connectivity index (χ2n) is 4.41. The first-order chi connectivity index (χ1) is 8.52. The molecule has 0 unspecified atom stereocenters. The lowest BCUT2D eigenvalue weighted by Gasteiger charge is -2.10. The van der Waals surface area contributed by atoms with Gasteiger partial charge in [-0.1, -0.05) is 19.9 Å². The lowest BCUT2D eigenvalue weighted by molar-refractivity contribution is -0.123. The highest BCUT2D eigenvalue weighted by Gasteiger charge is 2.07. The van der Waals surface area contributed by atoms with Crippen molar-refractivity contribution in [1.29, 1.82) is 0 Å². The van der Waals surface area contributed by atoms with Crippen molar-refractivity contribution in [3.05, 3.63) is 29.6 Å². The number of halogens is 1. The van der Waals surface area contributed by atoms with Crippen molar-refractivity contribution in [3.63, 3.8) is 0 Å². The molecule has 1 aromatic carbocycles. The van der Waals surface area contributed by atoms with E-state index in [0.29, 0.717) is 18.0 Å². The third-order valence-electron chi connectivity index (χ3n) is 2.25. The Bertz CT molecular complexity index is 407. The number of amides is 1. The Morgan fingerprint density at radius 2 is 2.22 bits per heavy atom. The number of ether oxygens (including phenoxy) is 1. The highest BCUT2D eigenvalue weighted by molar-refractivity contribution is 5.77. The first-order valence-electron chi connectivity index (χ1n) is 5.81. The number of nitrogens with one attached hydrogen (secondary N) is 1. The Labute approximate surface area is 106 Å². The van der Waals surface area contributed by atoms with Gasteiger partial charge in [0, 0.05) is 6.54 Å². The lowest BCUT2D eigenvalue weighted by atomic mass is 10.2. The number of hydrogen-bond acceptors (Lipinski definition) is 3. The van der Waals surface area contributed by atoms with Gasteiger partial charge in [-0.05, 0) is 23.6 Å². The minimum absolute atomic E-state index is 0.00639. The number of hydrogen-bond donors (Lipinski definition) is 2. The van der Waals surface area contributed by atoms with Crippen LogP contribution in [0.5, 0.6) is 5.75 Å². The Kier molecular flexibility index (Phi) is 5.58. The summed E-state index contributed by atoms with van der Waals surface area (Å²) >= 11 is 0. The molecule has 2 N–H and O–H groups in total. The highest BCUT2D eigenvalue weighted by atomic mass is 19.1. The van der Waals surface area contributed by atoms with Crippen molar-refractivity contribution in [2.24, 2.45) is 5.92 Å². The maximum absolute atomic E-state index is 13.4.